The molecule has 0 radical (unpaired) electrons. The van der Waals surface area contributed by atoms with Gasteiger partial charge in [-0.15, -0.1) is 0 Å². The van der Waals surface area contributed by atoms with E-state index in [9.17, 15) is 9.90 Å². The molecule has 1 aliphatic carbocycles. The Bertz CT molecular complexity index is 598. The van der Waals surface area contributed by atoms with Crippen LogP contribution in [-0.4, -0.2) is 16.1 Å². The first kappa shape index (κ1) is 10.4. The fraction of sp³-hybridized carbons (Fsp3) is 0.357. The number of fused-ring (bicyclic) bond motifs is 3. The fourth-order valence-electron chi connectivity index (χ4n) is 2.91. The lowest BCUT2D eigenvalue weighted by Gasteiger charge is -2.19. The Kier molecular flexibility index (Phi) is 2.21. The first-order valence-corrected chi connectivity index (χ1v) is 6.01. The van der Waals surface area contributed by atoms with Crippen LogP contribution in [0.3, 0.4) is 0 Å². The Morgan fingerprint density at radius 2 is 2.29 bits per heavy atom. The van der Waals surface area contributed by atoms with E-state index in [2.05, 4.69) is 18.0 Å². The minimum absolute atomic E-state index is 0.339. The summed E-state index contributed by atoms with van der Waals surface area (Å²) in [6.07, 6.45) is 2.67. The van der Waals surface area contributed by atoms with Crippen LogP contribution in [0.1, 0.15) is 35.6 Å². The first-order valence-electron chi connectivity index (χ1n) is 6.01. The van der Waals surface area contributed by atoms with Gasteiger partial charge >= 0.3 is 5.97 Å². The molecule has 1 aliphatic rings. The largest absolute Gasteiger partial charge is 0.481 e. The number of hydrogen-bond acceptors (Lipinski definition) is 1. The highest BCUT2D eigenvalue weighted by Crippen LogP contribution is 2.37. The van der Waals surface area contributed by atoms with E-state index in [0.717, 1.165) is 41.4 Å². The molecule has 0 saturated carbocycles. The smallest absolute Gasteiger partial charge is 0.311 e. The van der Waals surface area contributed by atoms with Gasteiger partial charge in [-0.2, -0.15) is 0 Å². The normalized spacial score (nSPS) is 19.2. The van der Waals surface area contributed by atoms with Gasteiger partial charge in [-0.1, -0.05) is 18.2 Å². The number of carboxylic acid groups (broad SMARTS) is 1. The van der Waals surface area contributed by atoms with E-state index in [1.54, 1.807) is 0 Å². The third-order valence-corrected chi connectivity index (χ3v) is 3.73. The van der Waals surface area contributed by atoms with E-state index in [-0.39, 0.29) is 5.92 Å². The van der Waals surface area contributed by atoms with Crippen molar-refractivity contribution in [3.05, 3.63) is 35.0 Å². The van der Waals surface area contributed by atoms with Crippen molar-refractivity contribution in [1.29, 1.82) is 0 Å². The number of para-hydroxylation sites is 1. The van der Waals surface area contributed by atoms with Crippen molar-refractivity contribution in [3.63, 3.8) is 0 Å². The van der Waals surface area contributed by atoms with Crippen LogP contribution in [-0.2, 0) is 11.2 Å². The van der Waals surface area contributed by atoms with Crippen LogP contribution < -0.4 is 0 Å². The molecular weight excluding hydrogens is 214 g/mol. The highest BCUT2D eigenvalue weighted by molar-refractivity contribution is 5.92. The topological polar surface area (TPSA) is 53.1 Å². The Hall–Kier alpha value is -1.77. The molecule has 1 unspecified atom stereocenters. The Morgan fingerprint density at radius 1 is 1.47 bits per heavy atom. The van der Waals surface area contributed by atoms with Crippen LogP contribution in [0.2, 0.25) is 0 Å². The van der Waals surface area contributed by atoms with Gasteiger partial charge in [0.15, 0.2) is 0 Å². The molecule has 0 amide bonds. The van der Waals surface area contributed by atoms with Gasteiger partial charge in [0, 0.05) is 16.6 Å². The Labute approximate surface area is 99.5 Å². The number of aliphatic carboxylic acids is 1. The number of aromatic amines is 1. The summed E-state index contributed by atoms with van der Waals surface area (Å²) < 4.78 is 0. The van der Waals surface area contributed by atoms with Crippen molar-refractivity contribution >= 4 is 16.9 Å². The van der Waals surface area contributed by atoms with Gasteiger partial charge < -0.3 is 10.1 Å². The number of hydrogen-bond donors (Lipinski definition) is 2. The molecular formula is C14H15NO2. The minimum atomic E-state index is -0.701. The van der Waals surface area contributed by atoms with Crippen molar-refractivity contribution in [3.8, 4) is 0 Å². The predicted molar refractivity (Wildman–Crippen MR) is 66.4 cm³/mol. The van der Waals surface area contributed by atoms with Crippen molar-refractivity contribution in [2.75, 3.05) is 0 Å². The maximum atomic E-state index is 11.3. The van der Waals surface area contributed by atoms with Gasteiger partial charge in [-0.3, -0.25) is 4.79 Å². The summed E-state index contributed by atoms with van der Waals surface area (Å²) in [6.45, 7) is 2.06. The molecule has 0 bridgehead atoms. The number of aryl methyl sites for hydroxylation is 2. The van der Waals surface area contributed by atoms with E-state index in [4.69, 9.17) is 0 Å². The van der Waals surface area contributed by atoms with Crippen LogP contribution in [0, 0.1) is 6.92 Å². The van der Waals surface area contributed by atoms with Crippen LogP contribution in [0.4, 0.5) is 0 Å². The number of nitrogens with one attached hydrogen (secondary N) is 1. The first-order chi connectivity index (χ1) is 8.18. The minimum Gasteiger partial charge on any atom is -0.481 e. The number of carboxylic acids is 1. The second-order valence-corrected chi connectivity index (χ2v) is 4.80. The number of H-pyrrole nitrogens is 1. The lowest BCUT2D eigenvalue weighted by Crippen LogP contribution is -2.17. The standard InChI is InChI=1S/C14H15NO2/c1-8-4-2-5-9-12-10(14(16)17)6-3-7-11(12)15-13(8)9/h2,4-5,10,15H,3,6-7H2,1H3,(H,16,17). The second-order valence-electron chi connectivity index (χ2n) is 4.80. The van der Waals surface area contributed by atoms with Gasteiger partial charge in [0.1, 0.15) is 0 Å². The molecule has 88 valence electrons. The van der Waals surface area contributed by atoms with Crippen LogP contribution in [0.15, 0.2) is 18.2 Å². The summed E-state index contributed by atoms with van der Waals surface area (Å²) in [5.74, 6) is -1.04. The van der Waals surface area contributed by atoms with E-state index >= 15 is 0 Å². The quantitative estimate of drug-likeness (QED) is 0.789. The molecule has 1 atom stereocenters. The lowest BCUT2D eigenvalue weighted by atomic mass is 9.85. The molecule has 17 heavy (non-hydrogen) atoms. The predicted octanol–water partition coefficient (Wildman–Crippen LogP) is 2.98. The van der Waals surface area contributed by atoms with Crippen molar-refractivity contribution in [2.24, 2.45) is 0 Å². The number of rotatable bonds is 1. The number of benzene rings is 1. The zero-order chi connectivity index (χ0) is 12.0. The molecule has 1 aromatic heterocycles. The number of aromatic nitrogens is 1. The van der Waals surface area contributed by atoms with Crippen molar-refractivity contribution in [2.45, 2.75) is 32.1 Å². The average Bonchev–Trinajstić information content (AvgIpc) is 2.69. The van der Waals surface area contributed by atoms with Crippen LogP contribution in [0.5, 0.6) is 0 Å². The van der Waals surface area contributed by atoms with E-state index in [1.165, 1.54) is 5.56 Å². The summed E-state index contributed by atoms with van der Waals surface area (Å²) >= 11 is 0. The molecule has 0 fully saturated rings. The summed E-state index contributed by atoms with van der Waals surface area (Å²) in [6, 6.07) is 6.08. The summed E-state index contributed by atoms with van der Waals surface area (Å²) in [4.78, 5) is 14.7. The zero-order valence-electron chi connectivity index (χ0n) is 9.79. The molecule has 2 N–H and O–H groups in total. The van der Waals surface area contributed by atoms with Gasteiger partial charge in [-0.25, -0.2) is 0 Å². The summed E-state index contributed by atoms with van der Waals surface area (Å²) in [5, 5.41) is 10.4. The average molecular weight is 229 g/mol. The molecule has 3 nitrogen and oxygen atoms in total. The van der Waals surface area contributed by atoms with Crippen LogP contribution >= 0.6 is 0 Å². The Morgan fingerprint density at radius 3 is 3.06 bits per heavy atom. The van der Waals surface area contributed by atoms with E-state index < -0.39 is 5.97 Å². The van der Waals surface area contributed by atoms with E-state index in [0.29, 0.717) is 0 Å². The molecule has 1 heterocycles. The van der Waals surface area contributed by atoms with E-state index in [1.807, 2.05) is 12.1 Å². The second kappa shape index (κ2) is 3.62. The molecule has 0 aliphatic heterocycles. The van der Waals surface area contributed by atoms with Gasteiger partial charge in [0.25, 0.3) is 0 Å². The summed E-state index contributed by atoms with van der Waals surface area (Å²) in [5.41, 5.74) is 4.42. The zero-order valence-corrected chi connectivity index (χ0v) is 9.79. The van der Waals surface area contributed by atoms with Crippen molar-refractivity contribution in [1.82, 2.24) is 4.98 Å². The summed E-state index contributed by atoms with van der Waals surface area (Å²) in [7, 11) is 0. The molecule has 3 rings (SSSR count). The SMILES string of the molecule is Cc1cccc2c3c([nH]c12)CCCC3C(=O)O. The maximum Gasteiger partial charge on any atom is 0.311 e. The fourth-order valence-corrected chi connectivity index (χ4v) is 2.91. The third-order valence-electron chi connectivity index (χ3n) is 3.73. The molecule has 0 spiro atoms. The molecule has 3 heteroatoms. The molecule has 1 aromatic carbocycles. The molecule has 0 saturated heterocycles. The lowest BCUT2D eigenvalue weighted by molar-refractivity contribution is -0.139. The van der Waals surface area contributed by atoms with Gasteiger partial charge in [-0.05, 0) is 37.3 Å². The highest BCUT2D eigenvalue weighted by Gasteiger charge is 2.29. The number of carbonyl (C=O) groups is 1. The monoisotopic (exact) mass is 229 g/mol. The maximum absolute atomic E-state index is 11.3. The third kappa shape index (κ3) is 1.46. The van der Waals surface area contributed by atoms with Gasteiger partial charge in [0.05, 0.1) is 5.92 Å². The van der Waals surface area contributed by atoms with Crippen molar-refractivity contribution < 1.29 is 9.90 Å². The highest BCUT2D eigenvalue weighted by atomic mass is 16.4. The molecule has 2 aromatic rings. The van der Waals surface area contributed by atoms with Gasteiger partial charge in [0.2, 0.25) is 0 Å². The Balaban J connectivity index is 2.31. The van der Waals surface area contributed by atoms with Crippen LogP contribution in [0.25, 0.3) is 10.9 Å².